The topological polar surface area (TPSA) is 81.1 Å². The van der Waals surface area contributed by atoms with E-state index >= 15 is 0 Å². The lowest BCUT2D eigenvalue weighted by Gasteiger charge is -2.12. The minimum atomic E-state index is -0.550. The van der Waals surface area contributed by atoms with Gasteiger partial charge in [0.25, 0.3) is 5.91 Å². The van der Waals surface area contributed by atoms with E-state index in [-0.39, 0.29) is 5.82 Å². The van der Waals surface area contributed by atoms with Crippen LogP contribution in [0.15, 0.2) is 42.5 Å². The SMILES string of the molecule is NC(=O)c1cccc(N)c1NCCc1ccccc1F. The van der Waals surface area contributed by atoms with Crippen LogP contribution < -0.4 is 16.8 Å². The van der Waals surface area contributed by atoms with Gasteiger partial charge in [-0.05, 0) is 30.2 Å². The Morgan fingerprint density at radius 3 is 2.60 bits per heavy atom. The predicted octanol–water partition coefficient (Wildman–Crippen LogP) is 2.16. The molecule has 20 heavy (non-hydrogen) atoms. The van der Waals surface area contributed by atoms with Crippen LogP contribution in [0.5, 0.6) is 0 Å². The molecule has 0 aliphatic heterocycles. The Morgan fingerprint density at radius 1 is 1.15 bits per heavy atom. The summed E-state index contributed by atoms with van der Waals surface area (Å²) < 4.78 is 13.5. The van der Waals surface area contributed by atoms with E-state index in [1.54, 1.807) is 36.4 Å². The number of para-hydroxylation sites is 1. The van der Waals surface area contributed by atoms with E-state index in [1.807, 2.05) is 0 Å². The largest absolute Gasteiger partial charge is 0.397 e. The number of nitrogens with one attached hydrogen (secondary N) is 1. The second kappa shape index (κ2) is 6.06. The summed E-state index contributed by atoms with van der Waals surface area (Å²) in [5, 5.41) is 3.05. The van der Waals surface area contributed by atoms with Crippen molar-refractivity contribution in [2.24, 2.45) is 5.73 Å². The van der Waals surface area contributed by atoms with Crippen LogP contribution in [0.4, 0.5) is 15.8 Å². The number of anilines is 2. The summed E-state index contributed by atoms with van der Waals surface area (Å²) >= 11 is 0. The van der Waals surface area contributed by atoms with Crippen LogP contribution in [0.2, 0.25) is 0 Å². The summed E-state index contributed by atoms with van der Waals surface area (Å²) in [6, 6.07) is 11.5. The molecule has 0 unspecified atom stereocenters. The molecule has 2 aromatic rings. The van der Waals surface area contributed by atoms with Crippen molar-refractivity contribution in [2.45, 2.75) is 6.42 Å². The molecule has 1 amide bonds. The molecule has 0 atom stereocenters. The van der Waals surface area contributed by atoms with E-state index in [1.165, 1.54) is 6.07 Å². The molecule has 4 nitrogen and oxygen atoms in total. The zero-order chi connectivity index (χ0) is 14.5. The van der Waals surface area contributed by atoms with E-state index in [2.05, 4.69) is 5.32 Å². The normalized spacial score (nSPS) is 10.2. The van der Waals surface area contributed by atoms with E-state index in [0.29, 0.717) is 35.5 Å². The Kier molecular flexibility index (Phi) is 4.20. The minimum Gasteiger partial charge on any atom is -0.397 e. The number of halogens is 1. The molecule has 2 rings (SSSR count). The van der Waals surface area contributed by atoms with Crippen LogP contribution in [0, 0.1) is 5.82 Å². The summed E-state index contributed by atoms with van der Waals surface area (Å²) in [7, 11) is 0. The highest BCUT2D eigenvalue weighted by Crippen LogP contribution is 2.23. The number of rotatable bonds is 5. The molecule has 0 aromatic heterocycles. The molecule has 0 saturated carbocycles. The van der Waals surface area contributed by atoms with Crippen molar-refractivity contribution in [3.05, 3.63) is 59.4 Å². The average molecular weight is 273 g/mol. The number of primary amides is 1. The van der Waals surface area contributed by atoms with E-state index in [4.69, 9.17) is 11.5 Å². The van der Waals surface area contributed by atoms with Crippen molar-refractivity contribution in [3.8, 4) is 0 Å². The fraction of sp³-hybridized carbons (Fsp3) is 0.133. The molecule has 5 N–H and O–H groups in total. The van der Waals surface area contributed by atoms with Crippen molar-refractivity contribution in [1.82, 2.24) is 0 Å². The Hall–Kier alpha value is -2.56. The van der Waals surface area contributed by atoms with Gasteiger partial charge < -0.3 is 16.8 Å². The monoisotopic (exact) mass is 273 g/mol. The van der Waals surface area contributed by atoms with Crippen molar-refractivity contribution >= 4 is 17.3 Å². The quantitative estimate of drug-likeness (QED) is 0.730. The highest BCUT2D eigenvalue weighted by atomic mass is 19.1. The third-order valence-electron chi connectivity index (χ3n) is 3.02. The summed E-state index contributed by atoms with van der Waals surface area (Å²) in [6.45, 7) is 0.454. The van der Waals surface area contributed by atoms with Crippen LogP contribution in [0.1, 0.15) is 15.9 Å². The zero-order valence-corrected chi connectivity index (χ0v) is 10.9. The fourth-order valence-electron chi connectivity index (χ4n) is 2.00. The number of benzene rings is 2. The highest BCUT2D eigenvalue weighted by Gasteiger charge is 2.10. The third kappa shape index (κ3) is 3.06. The lowest BCUT2D eigenvalue weighted by Crippen LogP contribution is -2.17. The number of hydrogen-bond donors (Lipinski definition) is 3. The number of carbonyl (C=O) groups is 1. The van der Waals surface area contributed by atoms with Crippen LogP contribution in [0.3, 0.4) is 0 Å². The van der Waals surface area contributed by atoms with E-state index in [9.17, 15) is 9.18 Å². The Bertz CT molecular complexity index is 628. The van der Waals surface area contributed by atoms with Gasteiger partial charge in [-0.2, -0.15) is 0 Å². The number of amides is 1. The summed E-state index contributed by atoms with van der Waals surface area (Å²) in [4.78, 5) is 11.3. The molecule has 5 heteroatoms. The smallest absolute Gasteiger partial charge is 0.250 e. The molecule has 2 aromatic carbocycles. The van der Waals surface area contributed by atoms with Crippen molar-refractivity contribution in [1.29, 1.82) is 0 Å². The first-order valence-corrected chi connectivity index (χ1v) is 6.25. The second-order valence-electron chi connectivity index (χ2n) is 4.40. The number of hydrogen-bond acceptors (Lipinski definition) is 3. The summed E-state index contributed by atoms with van der Waals surface area (Å²) in [5.41, 5.74) is 13.0. The van der Waals surface area contributed by atoms with Gasteiger partial charge in [-0.3, -0.25) is 4.79 Å². The van der Waals surface area contributed by atoms with Crippen LogP contribution >= 0.6 is 0 Å². The molecular weight excluding hydrogens is 257 g/mol. The van der Waals surface area contributed by atoms with Gasteiger partial charge >= 0.3 is 0 Å². The van der Waals surface area contributed by atoms with Crippen LogP contribution in [-0.4, -0.2) is 12.5 Å². The van der Waals surface area contributed by atoms with Gasteiger partial charge in [0, 0.05) is 6.54 Å². The first kappa shape index (κ1) is 13.9. The molecule has 104 valence electrons. The zero-order valence-electron chi connectivity index (χ0n) is 10.9. The maximum absolute atomic E-state index is 13.5. The van der Waals surface area contributed by atoms with Gasteiger partial charge in [0.1, 0.15) is 5.82 Å². The van der Waals surface area contributed by atoms with E-state index in [0.717, 1.165) is 0 Å². The summed E-state index contributed by atoms with van der Waals surface area (Å²) in [5.74, 6) is -0.795. The standard InChI is InChI=1S/C15H16FN3O/c16-12-6-2-1-4-10(12)8-9-19-14-11(15(18)20)5-3-7-13(14)17/h1-7,19H,8-9,17H2,(H2,18,20). The number of carbonyl (C=O) groups excluding carboxylic acids is 1. The first-order chi connectivity index (χ1) is 9.59. The van der Waals surface area contributed by atoms with Crippen LogP contribution in [-0.2, 0) is 6.42 Å². The molecule has 0 bridgehead atoms. The molecule has 0 aliphatic rings. The third-order valence-corrected chi connectivity index (χ3v) is 3.02. The molecule has 0 heterocycles. The second-order valence-corrected chi connectivity index (χ2v) is 4.40. The lowest BCUT2D eigenvalue weighted by molar-refractivity contribution is 0.100. The average Bonchev–Trinajstić information content (AvgIpc) is 2.42. The molecule has 0 aliphatic carbocycles. The summed E-state index contributed by atoms with van der Waals surface area (Å²) in [6.07, 6.45) is 0.485. The predicted molar refractivity (Wildman–Crippen MR) is 78.0 cm³/mol. The Morgan fingerprint density at radius 2 is 1.90 bits per heavy atom. The maximum Gasteiger partial charge on any atom is 0.250 e. The molecule has 0 radical (unpaired) electrons. The van der Waals surface area contributed by atoms with Gasteiger partial charge in [-0.1, -0.05) is 24.3 Å². The fourth-order valence-corrected chi connectivity index (χ4v) is 2.00. The number of nitrogen functional groups attached to an aromatic ring is 1. The van der Waals surface area contributed by atoms with Crippen LogP contribution in [0.25, 0.3) is 0 Å². The number of nitrogens with two attached hydrogens (primary N) is 2. The minimum absolute atomic E-state index is 0.245. The molecule has 0 spiro atoms. The molecular formula is C15H16FN3O. The maximum atomic E-state index is 13.5. The van der Waals surface area contributed by atoms with Gasteiger partial charge in [-0.25, -0.2) is 4.39 Å². The molecule has 0 saturated heterocycles. The van der Waals surface area contributed by atoms with Crippen molar-refractivity contribution in [3.63, 3.8) is 0 Å². The molecule has 0 fully saturated rings. The lowest BCUT2D eigenvalue weighted by atomic mass is 10.1. The van der Waals surface area contributed by atoms with Gasteiger partial charge in [-0.15, -0.1) is 0 Å². The highest BCUT2D eigenvalue weighted by molar-refractivity contribution is 6.01. The van der Waals surface area contributed by atoms with Crippen molar-refractivity contribution < 1.29 is 9.18 Å². The van der Waals surface area contributed by atoms with Gasteiger partial charge in [0.15, 0.2) is 0 Å². The van der Waals surface area contributed by atoms with Gasteiger partial charge in [0.05, 0.1) is 16.9 Å². The first-order valence-electron chi connectivity index (χ1n) is 6.25. The van der Waals surface area contributed by atoms with Crippen molar-refractivity contribution in [2.75, 3.05) is 17.6 Å². The Labute approximate surface area is 116 Å². The van der Waals surface area contributed by atoms with E-state index < -0.39 is 5.91 Å². The Balaban J connectivity index is 2.08. The van der Waals surface area contributed by atoms with Gasteiger partial charge in [0.2, 0.25) is 0 Å².